The molecule has 0 unspecified atom stereocenters. The molecule has 1 aromatic heterocycles. The molecule has 0 aliphatic carbocycles. The lowest BCUT2D eigenvalue weighted by Gasteiger charge is -2.09. The van der Waals surface area contributed by atoms with E-state index < -0.39 is 0 Å². The molecule has 0 radical (unpaired) electrons. The Morgan fingerprint density at radius 1 is 1.33 bits per heavy atom. The molecule has 2 rings (SSSR count). The standard InChI is InChI=1S/C14H18BrN3O3/c1-10-13(18-21-17-10)9-20-14-4-3-11(7-12(14)15)8-16-5-6-19-2/h3-4,7,16H,5-6,8-9H2,1-2H3. The van der Waals surface area contributed by atoms with Crippen LogP contribution >= 0.6 is 15.9 Å². The Kier molecular flexibility index (Phi) is 6.16. The summed E-state index contributed by atoms with van der Waals surface area (Å²) < 4.78 is 16.2. The fraction of sp³-hybridized carbons (Fsp3) is 0.429. The van der Waals surface area contributed by atoms with Crippen molar-refractivity contribution in [2.45, 2.75) is 20.1 Å². The van der Waals surface area contributed by atoms with E-state index in [1.54, 1.807) is 7.11 Å². The molecule has 0 saturated carbocycles. The number of ether oxygens (including phenoxy) is 2. The summed E-state index contributed by atoms with van der Waals surface area (Å²) in [7, 11) is 1.69. The second-order valence-electron chi connectivity index (χ2n) is 4.52. The van der Waals surface area contributed by atoms with E-state index in [0.717, 1.165) is 29.0 Å². The van der Waals surface area contributed by atoms with Gasteiger partial charge in [-0.15, -0.1) is 0 Å². The van der Waals surface area contributed by atoms with Crippen molar-refractivity contribution in [3.63, 3.8) is 0 Å². The third kappa shape index (κ3) is 4.80. The maximum Gasteiger partial charge on any atom is 0.145 e. The van der Waals surface area contributed by atoms with Gasteiger partial charge in [-0.3, -0.25) is 0 Å². The van der Waals surface area contributed by atoms with Gasteiger partial charge in [0.2, 0.25) is 0 Å². The smallest absolute Gasteiger partial charge is 0.145 e. The minimum Gasteiger partial charge on any atom is -0.486 e. The Labute approximate surface area is 131 Å². The van der Waals surface area contributed by atoms with Crippen LogP contribution in [0.2, 0.25) is 0 Å². The first-order valence-electron chi connectivity index (χ1n) is 6.59. The monoisotopic (exact) mass is 355 g/mol. The Morgan fingerprint density at radius 2 is 2.19 bits per heavy atom. The average Bonchev–Trinajstić information content (AvgIpc) is 2.88. The van der Waals surface area contributed by atoms with Gasteiger partial charge < -0.3 is 14.8 Å². The average molecular weight is 356 g/mol. The molecular weight excluding hydrogens is 338 g/mol. The Hall–Kier alpha value is -1.44. The first-order chi connectivity index (χ1) is 10.2. The van der Waals surface area contributed by atoms with Gasteiger partial charge in [0, 0.05) is 20.2 Å². The summed E-state index contributed by atoms with van der Waals surface area (Å²) in [5.41, 5.74) is 2.61. The first kappa shape index (κ1) is 15.9. The van der Waals surface area contributed by atoms with E-state index in [9.17, 15) is 0 Å². The Bertz CT molecular complexity index is 574. The fourth-order valence-corrected chi connectivity index (χ4v) is 2.25. The number of halogens is 1. The van der Waals surface area contributed by atoms with Crippen LogP contribution in [0.3, 0.4) is 0 Å². The van der Waals surface area contributed by atoms with Crippen LogP contribution in [-0.2, 0) is 17.9 Å². The topological polar surface area (TPSA) is 69.4 Å². The van der Waals surface area contributed by atoms with Gasteiger partial charge in [0.1, 0.15) is 23.7 Å². The van der Waals surface area contributed by atoms with E-state index in [1.165, 1.54) is 5.56 Å². The molecule has 114 valence electrons. The van der Waals surface area contributed by atoms with Gasteiger partial charge in [-0.05, 0) is 40.5 Å². The molecule has 1 N–H and O–H groups in total. The Balaban J connectivity index is 1.88. The molecule has 7 heteroatoms. The lowest BCUT2D eigenvalue weighted by Crippen LogP contribution is -2.18. The van der Waals surface area contributed by atoms with E-state index in [1.807, 2.05) is 25.1 Å². The van der Waals surface area contributed by atoms with Gasteiger partial charge in [0.25, 0.3) is 0 Å². The van der Waals surface area contributed by atoms with Crippen LogP contribution in [0.1, 0.15) is 17.0 Å². The number of benzene rings is 1. The normalized spacial score (nSPS) is 10.8. The number of hydrogen-bond donors (Lipinski definition) is 1. The van der Waals surface area contributed by atoms with Gasteiger partial charge in [-0.25, -0.2) is 4.63 Å². The van der Waals surface area contributed by atoms with Gasteiger partial charge in [-0.2, -0.15) is 0 Å². The molecule has 0 aliphatic heterocycles. The van der Waals surface area contributed by atoms with Gasteiger partial charge >= 0.3 is 0 Å². The Morgan fingerprint density at radius 3 is 2.86 bits per heavy atom. The number of aryl methyl sites for hydroxylation is 1. The first-order valence-corrected chi connectivity index (χ1v) is 7.39. The van der Waals surface area contributed by atoms with Crippen molar-refractivity contribution in [3.05, 3.63) is 39.6 Å². The third-order valence-electron chi connectivity index (χ3n) is 2.92. The number of methoxy groups -OCH3 is 1. The molecule has 1 aromatic carbocycles. The number of rotatable bonds is 8. The van der Waals surface area contributed by atoms with Gasteiger partial charge in [0.15, 0.2) is 0 Å². The summed E-state index contributed by atoms with van der Waals surface area (Å²) in [4.78, 5) is 0. The summed E-state index contributed by atoms with van der Waals surface area (Å²) in [6, 6.07) is 5.98. The largest absolute Gasteiger partial charge is 0.486 e. The second kappa shape index (κ2) is 8.11. The van der Waals surface area contributed by atoms with Crippen molar-refractivity contribution in [2.24, 2.45) is 0 Å². The number of nitrogens with zero attached hydrogens (tertiary/aromatic N) is 2. The molecule has 1 heterocycles. The second-order valence-corrected chi connectivity index (χ2v) is 5.37. The van der Waals surface area contributed by atoms with Crippen molar-refractivity contribution >= 4 is 15.9 Å². The van der Waals surface area contributed by atoms with Crippen molar-refractivity contribution in [1.82, 2.24) is 15.6 Å². The highest BCUT2D eigenvalue weighted by molar-refractivity contribution is 9.10. The van der Waals surface area contributed by atoms with E-state index in [0.29, 0.717) is 18.9 Å². The fourth-order valence-electron chi connectivity index (χ4n) is 1.70. The minimum atomic E-state index is 0.333. The third-order valence-corrected chi connectivity index (χ3v) is 3.54. The maximum atomic E-state index is 5.71. The number of nitrogens with one attached hydrogen (secondary N) is 1. The molecule has 0 spiro atoms. The quantitative estimate of drug-likeness (QED) is 0.733. The van der Waals surface area contributed by atoms with Crippen molar-refractivity contribution < 1.29 is 14.1 Å². The predicted molar refractivity (Wildman–Crippen MR) is 81.1 cm³/mol. The van der Waals surface area contributed by atoms with Crippen LogP contribution < -0.4 is 10.1 Å². The number of aromatic nitrogens is 2. The molecule has 0 bridgehead atoms. The van der Waals surface area contributed by atoms with E-state index >= 15 is 0 Å². The highest BCUT2D eigenvalue weighted by Crippen LogP contribution is 2.26. The molecule has 0 fully saturated rings. The molecule has 21 heavy (non-hydrogen) atoms. The highest BCUT2D eigenvalue weighted by atomic mass is 79.9. The highest BCUT2D eigenvalue weighted by Gasteiger charge is 2.08. The van der Waals surface area contributed by atoms with Crippen LogP contribution in [0, 0.1) is 6.92 Å². The van der Waals surface area contributed by atoms with E-state index in [2.05, 4.69) is 36.2 Å². The zero-order valence-electron chi connectivity index (χ0n) is 12.1. The minimum absolute atomic E-state index is 0.333. The van der Waals surface area contributed by atoms with Crippen LogP contribution in [-0.4, -0.2) is 30.6 Å². The van der Waals surface area contributed by atoms with Crippen molar-refractivity contribution in [2.75, 3.05) is 20.3 Å². The molecule has 2 aromatic rings. The zero-order chi connectivity index (χ0) is 15.1. The van der Waals surface area contributed by atoms with Crippen LogP contribution in [0.15, 0.2) is 27.3 Å². The number of hydrogen-bond acceptors (Lipinski definition) is 6. The summed E-state index contributed by atoms with van der Waals surface area (Å²) in [5, 5.41) is 10.8. The molecule has 0 atom stereocenters. The van der Waals surface area contributed by atoms with Crippen molar-refractivity contribution in [3.8, 4) is 5.75 Å². The molecule has 0 aliphatic rings. The van der Waals surface area contributed by atoms with Crippen LogP contribution in [0.4, 0.5) is 0 Å². The molecule has 6 nitrogen and oxygen atoms in total. The van der Waals surface area contributed by atoms with Crippen LogP contribution in [0.5, 0.6) is 5.75 Å². The predicted octanol–water partition coefficient (Wildman–Crippen LogP) is 2.46. The van der Waals surface area contributed by atoms with E-state index in [4.69, 9.17) is 9.47 Å². The van der Waals surface area contributed by atoms with Crippen LogP contribution in [0.25, 0.3) is 0 Å². The lowest BCUT2D eigenvalue weighted by atomic mass is 10.2. The van der Waals surface area contributed by atoms with Crippen molar-refractivity contribution in [1.29, 1.82) is 0 Å². The molecular formula is C14H18BrN3O3. The molecule has 0 amide bonds. The summed E-state index contributed by atoms with van der Waals surface area (Å²) in [6.07, 6.45) is 0. The van der Waals surface area contributed by atoms with Gasteiger partial charge in [-0.1, -0.05) is 16.4 Å². The van der Waals surface area contributed by atoms with Gasteiger partial charge in [0.05, 0.1) is 11.1 Å². The lowest BCUT2D eigenvalue weighted by molar-refractivity contribution is 0.199. The summed E-state index contributed by atoms with van der Waals surface area (Å²) in [5.74, 6) is 0.762. The summed E-state index contributed by atoms with van der Waals surface area (Å²) in [6.45, 7) is 4.48. The maximum absolute atomic E-state index is 5.71. The summed E-state index contributed by atoms with van der Waals surface area (Å²) >= 11 is 3.52. The molecule has 0 saturated heterocycles. The van der Waals surface area contributed by atoms with E-state index in [-0.39, 0.29) is 0 Å². The SMILES string of the molecule is COCCNCc1ccc(OCc2nonc2C)c(Br)c1. The zero-order valence-corrected chi connectivity index (χ0v) is 13.6.